The zero-order valence-electron chi connectivity index (χ0n) is 11.3. The van der Waals surface area contributed by atoms with E-state index in [0.717, 1.165) is 5.82 Å². The van der Waals surface area contributed by atoms with Crippen molar-refractivity contribution in [1.82, 2.24) is 14.8 Å². The highest BCUT2D eigenvalue weighted by atomic mass is 16.5. The largest absolute Gasteiger partial charge is 0.497 e. The lowest BCUT2D eigenvalue weighted by atomic mass is 10.3. The van der Waals surface area contributed by atoms with Gasteiger partial charge in [0.1, 0.15) is 24.4 Å². The van der Waals surface area contributed by atoms with Crippen molar-refractivity contribution in [3.05, 3.63) is 30.4 Å². The smallest absolute Gasteiger partial charge is 0.165 e. The molecular weight excluding hydrogens is 244 g/mol. The third-order valence-corrected chi connectivity index (χ3v) is 2.71. The molecule has 0 radical (unpaired) electrons. The molecule has 2 aromatic rings. The zero-order chi connectivity index (χ0) is 13.8. The fraction of sp³-hybridized carbons (Fsp3) is 0.385. The van der Waals surface area contributed by atoms with E-state index in [9.17, 15) is 0 Å². The second-order valence-corrected chi connectivity index (χ2v) is 4.41. The molecule has 0 amide bonds. The first-order valence-electron chi connectivity index (χ1n) is 6.06. The van der Waals surface area contributed by atoms with Crippen molar-refractivity contribution in [1.29, 1.82) is 0 Å². The van der Waals surface area contributed by atoms with Crippen LogP contribution in [0.5, 0.6) is 11.5 Å². The second-order valence-electron chi connectivity index (χ2n) is 4.41. The SMILES string of the molecule is COc1ccc(N)c(OCc2ncnn2C(C)C)c1. The summed E-state index contributed by atoms with van der Waals surface area (Å²) in [5.74, 6) is 2.05. The zero-order valence-corrected chi connectivity index (χ0v) is 11.3. The molecule has 102 valence electrons. The summed E-state index contributed by atoms with van der Waals surface area (Å²) in [4.78, 5) is 4.18. The minimum absolute atomic E-state index is 0.240. The van der Waals surface area contributed by atoms with Gasteiger partial charge in [-0.05, 0) is 26.0 Å². The summed E-state index contributed by atoms with van der Waals surface area (Å²) in [6, 6.07) is 5.54. The van der Waals surface area contributed by atoms with Crippen molar-refractivity contribution in [2.75, 3.05) is 12.8 Å². The number of methoxy groups -OCH3 is 1. The predicted octanol–water partition coefficient (Wildman–Crippen LogP) is 2.03. The van der Waals surface area contributed by atoms with Crippen molar-refractivity contribution in [3.8, 4) is 11.5 Å². The Bertz CT molecular complexity index is 551. The van der Waals surface area contributed by atoms with Gasteiger partial charge in [-0.15, -0.1) is 0 Å². The Labute approximate surface area is 112 Å². The first kappa shape index (κ1) is 13.2. The van der Waals surface area contributed by atoms with Gasteiger partial charge in [-0.3, -0.25) is 0 Å². The summed E-state index contributed by atoms with van der Waals surface area (Å²) in [6.45, 7) is 4.39. The van der Waals surface area contributed by atoms with Crippen LogP contribution in [0.2, 0.25) is 0 Å². The van der Waals surface area contributed by atoms with E-state index in [1.165, 1.54) is 6.33 Å². The molecule has 0 spiro atoms. The molecule has 6 heteroatoms. The van der Waals surface area contributed by atoms with Crippen molar-refractivity contribution >= 4 is 5.69 Å². The Balaban J connectivity index is 2.12. The van der Waals surface area contributed by atoms with Crippen molar-refractivity contribution in [2.24, 2.45) is 0 Å². The molecule has 0 bridgehead atoms. The van der Waals surface area contributed by atoms with Gasteiger partial charge in [-0.25, -0.2) is 9.67 Å². The van der Waals surface area contributed by atoms with Crippen LogP contribution in [0.15, 0.2) is 24.5 Å². The van der Waals surface area contributed by atoms with Gasteiger partial charge in [0.15, 0.2) is 5.82 Å². The molecule has 1 aromatic carbocycles. The molecule has 0 aliphatic heterocycles. The minimum atomic E-state index is 0.240. The number of aromatic nitrogens is 3. The molecule has 0 aliphatic rings. The summed E-state index contributed by atoms with van der Waals surface area (Å²) < 4.78 is 12.6. The van der Waals surface area contributed by atoms with E-state index in [2.05, 4.69) is 10.1 Å². The predicted molar refractivity (Wildman–Crippen MR) is 72.1 cm³/mol. The normalized spacial score (nSPS) is 10.7. The maximum absolute atomic E-state index is 5.86. The van der Waals surface area contributed by atoms with Crippen LogP contribution in [0.3, 0.4) is 0 Å². The van der Waals surface area contributed by atoms with Gasteiger partial charge in [-0.2, -0.15) is 5.10 Å². The van der Waals surface area contributed by atoms with E-state index in [1.807, 2.05) is 18.5 Å². The average Bonchev–Trinajstić information content (AvgIpc) is 2.86. The Morgan fingerprint density at radius 1 is 1.37 bits per heavy atom. The second kappa shape index (κ2) is 5.60. The van der Waals surface area contributed by atoms with E-state index in [-0.39, 0.29) is 6.04 Å². The molecule has 0 aliphatic carbocycles. The molecule has 6 nitrogen and oxygen atoms in total. The van der Waals surface area contributed by atoms with E-state index in [4.69, 9.17) is 15.2 Å². The number of hydrogen-bond donors (Lipinski definition) is 1. The summed E-state index contributed by atoms with van der Waals surface area (Å²) in [6.07, 6.45) is 1.52. The molecule has 0 atom stereocenters. The van der Waals surface area contributed by atoms with Crippen LogP contribution in [0.1, 0.15) is 25.7 Å². The quantitative estimate of drug-likeness (QED) is 0.834. The number of benzene rings is 1. The number of rotatable bonds is 5. The number of nitrogens with zero attached hydrogens (tertiary/aromatic N) is 3. The number of nitrogens with two attached hydrogens (primary N) is 1. The van der Waals surface area contributed by atoms with Crippen LogP contribution in [-0.2, 0) is 6.61 Å². The van der Waals surface area contributed by atoms with Gasteiger partial charge >= 0.3 is 0 Å². The molecule has 0 saturated carbocycles. The molecule has 0 fully saturated rings. The third kappa shape index (κ3) is 2.96. The summed E-state index contributed by atoms with van der Waals surface area (Å²) >= 11 is 0. The van der Waals surface area contributed by atoms with E-state index in [1.54, 1.807) is 25.3 Å². The molecule has 19 heavy (non-hydrogen) atoms. The van der Waals surface area contributed by atoms with Crippen molar-refractivity contribution in [2.45, 2.75) is 26.5 Å². The minimum Gasteiger partial charge on any atom is -0.497 e. The monoisotopic (exact) mass is 262 g/mol. The molecule has 1 heterocycles. The standard InChI is InChI=1S/C13H18N4O2/c1-9(2)17-13(15-8-16-17)7-19-12-6-10(18-3)4-5-11(12)14/h4-6,8-9H,7,14H2,1-3H3. The van der Waals surface area contributed by atoms with Gasteiger partial charge in [0, 0.05) is 12.1 Å². The lowest BCUT2D eigenvalue weighted by Gasteiger charge is -2.12. The van der Waals surface area contributed by atoms with Crippen molar-refractivity contribution in [3.63, 3.8) is 0 Å². The van der Waals surface area contributed by atoms with Gasteiger partial charge < -0.3 is 15.2 Å². The summed E-state index contributed by atoms with van der Waals surface area (Å²) in [5, 5.41) is 4.15. The van der Waals surface area contributed by atoms with Crippen LogP contribution >= 0.6 is 0 Å². The highest BCUT2D eigenvalue weighted by Crippen LogP contribution is 2.27. The number of nitrogen functional groups attached to an aromatic ring is 1. The van der Waals surface area contributed by atoms with Gasteiger partial charge in [0.25, 0.3) is 0 Å². The maximum Gasteiger partial charge on any atom is 0.165 e. The summed E-state index contributed by atoms with van der Waals surface area (Å²) in [5.41, 5.74) is 6.42. The molecule has 0 unspecified atom stereocenters. The lowest BCUT2D eigenvalue weighted by Crippen LogP contribution is -2.11. The molecular formula is C13H18N4O2. The number of anilines is 1. The van der Waals surface area contributed by atoms with Gasteiger partial charge in [0.2, 0.25) is 0 Å². The van der Waals surface area contributed by atoms with Crippen LogP contribution in [0.4, 0.5) is 5.69 Å². The van der Waals surface area contributed by atoms with Gasteiger partial charge in [0.05, 0.1) is 12.8 Å². The van der Waals surface area contributed by atoms with E-state index < -0.39 is 0 Å². The molecule has 0 saturated heterocycles. The molecule has 1 aromatic heterocycles. The topological polar surface area (TPSA) is 75.2 Å². The van der Waals surface area contributed by atoms with E-state index >= 15 is 0 Å². The van der Waals surface area contributed by atoms with Crippen molar-refractivity contribution < 1.29 is 9.47 Å². The van der Waals surface area contributed by atoms with Crippen LogP contribution < -0.4 is 15.2 Å². The Morgan fingerprint density at radius 2 is 2.16 bits per heavy atom. The molecule has 2 N–H and O–H groups in total. The third-order valence-electron chi connectivity index (χ3n) is 2.71. The molecule has 2 rings (SSSR count). The highest BCUT2D eigenvalue weighted by molar-refractivity contribution is 5.55. The van der Waals surface area contributed by atoms with E-state index in [0.29, 0.717) is 23.8 Å². The number of hydrogen-bond acceptors (Lipinski definition) is 5. The summed E-state index contributed by atoms with van der Waals surface area (Å²) in [7, 11) is 1.60. The van der Waals surface area contributed by atoms with Crippen LogP contribution in [0, 0.1) is 0 Å². The highest BCUT2D eigenvalue weighted by Gasteiger charge is 2.09. The number of ether oxygens (including phenoxy) is 2. The fourth-order valence-electron chi connectivity index (χ4n) is 1.72. The van der Waals surface area contributed by atoms with Crippen LogP contribution in [-0.4, -0.2) is 21.9 Å². The maximum atomic E-state index is 5.86. The fourth-order valence-corrected chi connectivity index (χ4v) is 1.72. The first-order chi connectivity index (χ1) is 9.11. The van der Waals surface area contributed by atoms with Crippen LogP contribution in [0.25, 0.3) is 0 Å². The first-order valence-corrected chi connectivity index (χ1v) is 6.06. The Kier molecular flexibility index (Phi) is 3.89. The Hall–Kier alpha value is -2.24. The average molecular weight is 262 g/mol. The van der Waals surface area contributed by atoms with Gasteiger partial charge in [-0.1, -0.05) is 0 Å². The Morgan fingerprint density at radius 3 is 2.84 bits per heavy atom. The lowest BCUT2D eigenvalue weighted by molar-refractivity contribution is 0.282.